The van der Waals surface area contributed by atoms with E-state index in [-0.39, 0.29) is 19.4 Å². The molecule has 27 heavy (non-hydrogen) atoms. The van der Waals surface area contributed by atoms with E-state index >= 15 is 0 Å². The predicted molar refractivity (Wildman–Crippen MR) is 90.8 cm³/mol. The fourth-order valence-corrected chi connectivity index (χ4v) is 2.73. The van der Waals surface area contributed by atoms with Crippen LogP contribution in [0.25, 0.3) is 0 Å². The smallest absolute Gasteiger partial charge is 0.326 e. The summed E-state index contributed by atoms with van der Waals surface area (Å²) in [4.78, 5) is 59.6. The Bertz CT molecular complexity index is 597. The lowest BCUT2D eigenvalue weighted by Crippen LogP contribution is -2.57. The van der Waals surface area contributed by atoms with Crippen molar-refractivity contribution in [2.75, 3.05) is 19.7 Å². The Kier molecular flexibility index (Phi) is 8.62. The first kappa shape index (κ1) is 22.3. The zero-order valence-electron chi connectivity index (χ0n) is 14.7. The third kappa shape index (κ3) is 6.49. The second-order valence-electron chi connectivity index (χ2n) is 6.10. The van der Waals surface area contributed by atoms with Crippen LogP contribution in [0.4, 0.5) is 0 Å². The minimum Gasteiger partial charge on any atom is -0.480 e. The van der Waals surface area contributed by atoms with E-state index in [2.05, 4.69) is 10.6 Å². The molecule has 1 aliphatic rings. The number of amides is 4. The van der Waals surface area contributed by atoms with Crippen LogP contribution in [-0.4, -0.2) is 82.5 Å². The Morgan fingerprint density at radius 1 is 1.15 bits per heavy atom. The summed E-state index contributed by atoms with van der Waals surface area (Å²) in [5.74, 6) is -4.10. The number of primary amides is 1. The third-order valence-corrected chi connectivity index (χ3v) is 4.16. The van der Waals surface area contributed by atoms with Gasteiger partial charge in [0.2, 0.25) is 23.6 Å². The van der Waals surface area contributed by atoms with Gasteiger partial charge in [0.25, 0.3) is 0 Å². The number of aliphatic carboxylic acids is 1. The van der Waals surface area contributed by atoms with Gasteiger partial charge in [-0.1, -0.05) is 0 Å². The van der Waals surface area contributed by atoms with Gasteiger partial charge in [0.05, 0.1) is 13.2 Å². The van der Waals surface area contributed by atoms with E-state index in [1.165, 1.54) is 4.90 Å². The molecular formula is C15H25N5O7. The Morgan fingerprint density at radius 3 is 2.33 bits per heavy atom. The summed E-state index contributed by atoms with van der Waals surface area (Å²) in [6, 6.07) is -3.63. The van der Waals surface area contributed by atoms with Gasteiger partial charge in [-0.15, -0.1) is 0 Å². The first-order chi connectivity index (χ1) is 12.7. The van der Waals surface area contributed by atoms with Crippen LogP contribution in [0, 0.1) is 0 Å². The Morgan fingerprint density at radius 2 is 1.81 bits per heavy atom. The van der Waals surface area contributed by atoms with Crippen molar-refractivity contribution in [1.29, 1.82) is 0 Å². The SMILES string of the molecule is NCC(=O)N1CCCC1C(=O)NC(CO)C(=O)NC(CCC(N)=O)C(=O)O. The topological polar surface area (TPSA) is 205 Å². The number of likely N-dealkylation sites (tertiary alicyclic amines) is 1. The summed E-state index contributed by atoms with van der Waals surface area (Å²) < 4.78 is 0. The highest BCUT2D eigenvalue weighted by molar-refractivity contribution is 5.94. The zero-order valence-corrected chi connectivity index (χ0v) is 14.7. The van der Waals surface area contributed by atoms with Gasteiger partial charge in [-0.05, 0) is 19.3 Å². The lowest BCUT2D eigenvalue weighted by molar-refractivity contribution is -0.143. The average Bonchev–Trinajstić information content (AvgIpc) is 3.11. The molecule has 3 atom stereocenters. The monoisotopic (exact) mass is 387 g/mol. The number of rotatable bonds is 10. The molecule has 0 radical (unpaired) electrons. The molecule has 1 rings (SSSR count). The van der Waals surface area contributed by atoms with Gasteiger partial charge in [0, 0.05) is 13.0 Å². The molecule has 4 amide bonds. The molecule has 0 aliphatic carbocycles. The number of nitrogens with zero attached hydrogens (tertiary/aromatic N) is 1. The largest absolute Gasteiger partial charge is 0.480 e. The maximum absolute atomic E-state index is 12.4. The van der Waals surface area contributed by atoms with Crippen LogP contribution in [0.1, 0.15) is 25.7 Å². The number of nitrogens with two attached hydrogens (primary N) is 2. The number of hydrogen-bond donors (Lipinski definition) is 6. The number of nitrogens with one attached hydrogen (secondary N) is 2. The number of aliphatic hydroxyl groups excluding tert-OH is 1. The van der Waals surface area contributed by atoms with Gasteiger partial charge in [-0.2, -0.15) is 0 Å². The molecule has 12 heteroatoms. The number of hydrogen-bond acceptors (Lipinski definition) is 7. The van der Waals surface area contributed by atoms with Crippen molar-refractivity contribution >= 4 is 29.6 Å². The van der Waals surface area contributed by atoms with Crippen LogP contribution in [0.5, 0.6) is 0 Å². The van der Waals surface area contributed by atoms with Crippen LogP contribution in [-0.2, 0) is 24.0 Å². The minimum absolute atomic E-state index is 0.232. The summed E-state index contributed by atoms with van der Waals surface area (Å²) >= 11 is 0. The fourth-order valence-electron chi connectivity index (χ4n) is 2.73. The maximum Gasteiger partial charge on any atom is 0.326 e. The first-order valence-electron chi connectivity index (χ1n) is 8.43. The summed E-state index contributed by atoms with van der Waals surface area (Å²) in [5, 5.41) is 22.9. The van der Waals surface area contributed by atoms with Crippen LogP contribution >= 0.6 is 0 Å². The molecule has 0 aromatic carbocycles. The highest BCUT2D eigenvalue weighted by atomic mass is 16.4. The molecular weight excluding hydrogens is 362 g/mol. The molecule has 1 heterocycles. The van der Waals surface area contributed by atoms with E-state index in [4.69, 9.17) is 16.6 Å². The molecule has 1 aliphatic heterocycles. The van der Waals surface area contributed by atoms with Crippen molar-refractivity contribution in [3.05, 3.63) is 0 Å². The fraction of sp³-hybridized carbons (Fsp3) is 0.667. The Balaban J connectivity index is 2.71. The van der Waals surface area contributed by atoms with Crippen LogP contribution in [0.2, 0.25) is 0 Å². The number of carboxylic acid groups (broad SMARTS) is 1. The Labute approximate surface area is 155 Å². The summed E-state index contributed by atoms with van der Waals surface area (Å²) in [6.07, 6.45) is 0.483. The summed E-state index contributed by atoms with van der Waals surface area (Å²) in [6.45, 7) is -0.677. The molecule has 0 bridgehead atoms. The van der Waals surface area contributed by atoms with Crippen molar-refractivity contribution in [3.63, 3.8) is 0 Å². The predicted octanol–water partition coefficient (Wildman–Crippen LogP) is -3.75. The Hall–Kier alpha value is -2.73. The molecule has 0 aromatic rings. The van der Waals surface area contributed by atoms with E-state index in [0.29, 0.717) is 19.4 Å². The van der Waals surface area contributed by atoms with Crippen molar-refractivity contribution in [2.24, 2.45) is 11.5 Å². The summed E-state index contributed by atoms with van der Waals surface area (Å²) in [5.41, 5.74) is 10.3. The first-order valence-corrected chi connectivity index (χ1v) is 8.43. The molecule has 12 nitrogen and oxygen atoms in total. The number of carbonyl (C=O) groups is 5. The average molecular weight is 387 g/mol. The van der Waals surface area contributed by atoms with Gasteiger partial charge in [0.15, 0.2) is 0 Å². The molecule has 1 saturated heterocycles. The second kappa shape index (κ2) is 10.4. The highest BCUT2D eigenvalue weighted by Crippen LogP contribution is 2.17. The van der Waals surface area contributed by atoms with Gasteiger partial charge in [-0.3, -0.25) is 19.2 Å². The molecule has 0 aromatic heterocycles. The molecule has 3 unspecified atom stereocenters. The van der Waals surface area contributed by atoms with Crippen LogP contribution in [0.3, 0.4) is 0 Å². The van der Waals surface area contributed by atoms with Gasteiger partial charge < -0.3 is 37.2 Å². The van der Waals surface area contributed by atoms with Crippen LogP contribution in [0.15, 0.2) is 0 Å². The quantitative estimate of drug-likeness (QED) is 0.219. The van der Waals surface area contributed by atoms with Gasteiger partial charge >= 0.3 is 5.97 Å². The maximum atomic E-state index is 12.4. The van der Waals surface area contributed by atoms with Crippen molar-refractivity contribution in [3.8, 4) is 0 Å². The number of aliphatic hydroxyl groups is 1. The van der Waals surface area contributed by atoms with Crippen molar-refractivity contribution < 1.29 is 34.2 Å². The van der Waals surface area contributed by atoms with Crippen molar-refractivity contribution in [1.82, 2.24) is 15.5 Å². The molecule has 8 N–H and O–H groups in total. The van der Waals surface area contributed by atoms with Gasteiger partial charge in [0.1, 0.15) is 18.1 Å². The summed E-state index contributed by atoms with van der Waals surface area (Å²) in [7, 11) is 0. The normalized spacial score (nSPS) is 18.4. The van der Waals surface area contributed by atoms with Crippen LogP contribution < -0.4 is 22.1 Å². The third-order valence-electron chi connectivity index (χ3n) is 4.16. The number of carboxylic acids is 1. The van der Waals surface area contributed by atoms with E-state index < -0.39 is 54.3 Å². The second-order valence-corrected chi connectivity index (χ2v) is 6.10. The molecule has 1 fully saturated rings. The lowest BCUT2D eigenvalue weighted by Gasteiger charge is -2.26. The highest BCUT2D eigenvalue weighted by Gasteiger charge is 2.35. The number of carbonyl (C=O) groups excluding carboxylic acids is 4. The minimum atomic E-state index is -1.41. The van der Waals surface area contributed by atoms with E-state index in [1.54, 1.807) is 0 Å². The van der Waals surface area contributed by atoms with Crippen molar-refractivity contribution in [2.45, 2.75) is 43.8 Å². The lowest BCUT2D eigenvalue weighted by atomic mass is 10.1. The molecule has 0 spiro atoms. The van der Waals surface area contributed by atoms with Gasteiger partial charge in [-0.25, -0.2) is 4.79 Å². The van der Waals surface area contributed by atoms with E-state index in [9.17, 15) is 29.1 Å². The zero-order chi connectivity index (χ0) is 20.6. The van der Waals surface area contributed by atoms with E-state index in [0.717, 1.165) is 0 Å². The standard InChI is InChI=1S/C15H25N5O7/c16-6-12(23)20-5-1-2-10(20)14(25)19-9(7-21)13(24)18-8(15(26)27)3-4-11(17)22/h8-10,21H,1-7,16H2,(H2,17,22)(H,18,24)(H,19,25)(H,26,27). The van der Waals surface area contributed by atoms with E-state index in [1.807, 2.05) is 0 Å². The molecule has 152 valence electrons. The molecule has 0 saturated carbocycles.